The van der Waals surface area contributed by atoms with Gasteiger partial charge in [0.1, 0.15) is 5.75 Å². The highest BCUT2D eigenvalue weighted by Gasteiger charge is 2.32. The lowest BCUT2D eigenvalue weighted by Gasteiger charge is -2.24. The maximum atomic E-state index is 12.9. The normalized spacial score (nSPS) is 16.9. The van der Waals surface area contributed by atoms with Gasteiger partial charge in [-0.25, -0.2) is 0 Å². The molecule has 0 bridgehead atoms. The summed E-state index contributed by atoms with van der Waals surface area (Å²) in [5, 5.41) is 0.426. The average Bonchev–Trinajstić information content (AvgIpc) is 3.25. The molecular formula is C18H19ClN2O3S. The van der Waals surface area contributed by atoms with Crippen molar-refractivity contribution in [1.82, 2.24) is 4.90 Å². The van der Waals surface area contributed by atoms with Gasteiger partial charge in [-0.3, -0.25) is 9.59 Å². The van der Waals surface area contributed by atoms with Gasteiger partial charge in [0.2, 0.25) is 0 Å². The zero-order valence-corrected chi connectivity index (χ0v) is 15.4. The number of thiophene rings is 1. The van der Waals surface area contributed by atoms with Crippen LogP contribution >= 0.6 is 22.9 Å². The Balaban J connectivity index is 1.83. The number of carbonyl (C=O) groups excluding carboxylic acids is 2. The number of amides is 2. The lowest BCUT2D eigenvalue weighted by atomic mass is 10.1. The Morgan fingerprint density at radius 1 is 1.36 bits per heavy atom. The van der Waals surface area contributed by atoms with Gasteiger partial charge in [-0.15, -0.1) is 11.3 Å². The first kappa shape index (κ1) is 17.8. The first-order valence-corrected chi connectivity index (χ1v) is 9.33. The number of primary amides is 1. The molecule has 1 aliphatic heterocycles. The molecule has 2 heterocycles. The fraction of sp³-hybridized carbons (Fsp3) is 0.333. The molecule has 1 unspecified atom stereocenters. The number of ether oxygens (including phenoxy) is 1. The van der Waals surface area contributed by atoms with Crippen molar-refractivity contribution in [3.63, 3.8) is 0 Å². The second kappa shape index (κ2) is 7.45. The summed E-state index contributed by atoms with van der Waals surface area (Å²) in [4.78, 5) is 27.6. The molecule has 1 saturated heterocycles. The molecular weight excluding hydrogens is 360 g/mol. The third kappa shape index (κ3) is 3.65. The molecule has 3 rings (SSSR count). The van der Waals surface area contributed by atoms with Crippen LogP contribution in [0.4, 0.5) is 0 Å². The van der Waals surface area contributed by atoms with Crippen LogP contribution in [0.15, 0.2) is 30.3 Å². The highest BCUT2D eigenvalue weighted by atomic mass is 35.5. The van der Waals surface area contributed by atoms with Gasteiger partial charge in [-0.1, -0.05) is 11.6 Å². The summed E-state index contributed by atoms with van der Waals surface area (Å²) >= 11 is 7.56. The number of hydrogen-bond donors (Lipinski definition) is 1. The summed E-state index contributed by atoms with van der Waals surface area (Å²) in [5.41, 5.74) is 5.87. The number of benzene rings is 1. The maximum absolute atomic E-state index is 12.9. The van der Waals surface area contributed by atoms with Crippen LogP contribution in [0.2, 0.25) is 5.02 Å². The van der Waals surface area contributed by atoms with E-state index in [1.165, 1.54) is 11.3 Å². The number of halogens is 1. The smallest absolute Gasteiger partial charge is 0.258 e. The zero-order chi connectivity index (χ0) is 18.0. The van der Waals surface area contributed by atoms with Crippen molar-refractivity contribution < 1.29 is 14.3 Å². The van der Waals surface area contributed by atoms with Crippen LogP contribution in [-0.2, 0) is 0 Å². The van der Waals surface area contributed by atoms with E-state index in [4.69, 9.17) is 22.1 Å². The number of rotatable bonds is 5. The van der Waals surface area contributed by atoms with Gasteiger partial charge < -0.3 is 15.4 Å². The SMILES string of the molecule is CCOc1ccc(C(=O)N2CCCC2c2ccc(C(N)=O)s2)cc1Cl. The van der Waals surface area contributed by atoms with Crippen molar-refractivity contribution in [3.05, 3.63) is 50.7 Å². The number of carbonyl (C=O) groups is 2. The standard InChI is InChI=1S/C18H19ClN2O3S/c1-2-24-14-6-5-11(10-12(14)19)18(23)21-9-3-4-13(21)15-7-8-16(25-15)17(20)22/h5-8,10,13H,2-4,9H2,1H3,(H2,20,22). The van der Waals surface area contributed by atoms with Crippen LogP contribution in [0.5, 0.6) is 5.75 Å². The average molecular weight is 379 g/mol. The Morgan fingerprint density at radius 3 is 2.80 bits per heavy atom. The van der Waals surface area contributed by atoms with E-state index in [1.807, 2.05) is 17.9 Å². The molecule has 5 nitrogen and oxygen atoms in total. The third-order valence-corrected chi connectivity index (χ3v) is 5.69. The predicted octanol–water partition coefficient (Wildman–Crippen LogP) is 3.88. The van der Waals surface area contributed by atoms with E-state index in [-0.39, 0.29) is 11.9 Å². The second-order valence-corrected chi connectivity index (χ2v) is 7.32. The molecule has 0 saturated carbocycles. The molecule has 2 amide bonds. The molecule has 1 atom stereocenters. The molecule has 2 N–H and O–H groups in total. The molecule has 1 aromatic heterocycles. The van der Waals surface area contributed by atoms with E-state index in [9.17, 15) is 9.59 Å². The Labute approximate surface area is 155 Å². The Kier molecular flexibility index (Phi) is 5.30. The van der Waals surface area contributed by atoms with Crippen LogP contribution in [-0.4, -0.2) is 29.9 Å². The summed E-state index contributed by atoms with van der Waals surface area (Å²) in [6, 6.07) is 8.67. The van der Waals surface area contributed by atoms with Crippen LogP contribution in [0.25, 0.3) is 0 Å². The Hall–Kier alpha value is -2.05. The fourth-order valence-corrected chi connectivity index (χ4v) is 4.29. The van der Waals surface area contributed by atoms with E-state index in [0.717, 1.165) is 17.7 Å². The monoisotopic (exact) mass is 378 g/mol. The molecule has 0 aliphatic carbocycles. The lowest BCUT2D eigenvalue weighted by molar-refractivity contribution is 0.0737. The van der Waals surface area contributed by atoms with Crippen molar-refractivity contribution in [2.45, 2.75) is 25.8 Å². The highest BCUT2D eigenvalue weighted by Crippen LogP contribution is 2.37. The lowest BCUT2D eigenvalue weighted by Crippen LogP contribution is -2.30. The fourth-order valence-electron chi connectivity index (χ4n) is 3.04. The summed E-state index contributed by atoms with van der Waals surface area (Å²) < 4.78 is 5.41. The minimum absolute atomic E-state index is 0.0315. The van der Waals surface area contributed by atoms with Gasteiger partial charge in [-0.2, -0.15) is 0 Å². The zero-order valence-electron chi connectivity index (χ0n) is 13.8. The second-order valence-electron chi connectivity index (χ2n) is 5.80. The Morgan fingerprint density at radius 2 is 2.16 bits per heavy atom. The van der Waals surface area contributed by atoms with Crippen molar-refractivity contribution in [1.29, 1.82) is 0 Å². The minimum Gasteiger partial charge on any atom is -0.492 e. The highest BCUT2D eigenvalue weighted by molar-refractivity contribution is 7.14. The van der Waals surface area contributed by atoms with Gasteiger partial charge in [0, 0.05) is 17.0 Å². The van der Waals surface area contributed by atoms with Gasteiger partial charge in [0.25, 0.3) is 11.8 Å². The van der Waals surface area contributed by atoms with Gasteiger partial charge in [0.15, 0.2) is 0 Å². The predicted molar refractivity (Wildman–Crippen MR) is 98.5 cm³/mol. The van der Waals surface area contributed by atoms with Crippen LogP contribution in [0.1, 0.15) is 50.7 Å². The molecule has 132 valence electrons. The summed E-state index contributed by atoms with van der Waals surface area (Å²) in [6.45, 7) is 3.07. The van der Waals surface area contributed by atoms with Crippen molar-refractivity contribution in [3.8, 4) is 5.75 Å². The first-order valence-electron chi connectivity index (χ1n) is 8.14. The molecule has 25 heavy (non-hydrogen) atoms. The molecule has 7 heteroatoms. The van der Waals surface area contributed by atoms with E-state index in [1.54, 1.807) is 24.3 Å². The molecule has 1 aromatic carbocycles. The van der Waals surface area contributed by atoms with Crippen molar-refractivity contribution >= 4 is 34.8 Å². The number of nitrogens with two attached hydrogens (primary N) is 1. The summed E-state index contributed by atoms with van der Waals surface area (Å²) in [5.74, 6) is 0.0648. The summed E-state index contributed by atoms with van der Waals surface area (Å²) in [6.07, 6.45) is 1.79. The molecule has 1 fully saturated rings. The van der Waals surface area contributed by atoms with Crippen LogP contribution in [0, 0.1) is 0 Å². The van der Waals surface area contributed by atoms with Gasteiger partial charge >= 0.3 is 0 Å². The number of likely N-dealkylation sites (tertiary alicyclic amines) is 1. The first-order chi connectivity index (χ1) is 12.0. The minimum atomic E-state index is -0.439. The topological polar surface area (TPSA) is 72.6 Å². The quantitative estimate of drug-likeness (QED) is 0.858. The third-order valence-electron chi connectivity index (χ3n) is 4.19. The van der Waals surface area contributed by atoms with E-state index >= 15 is 0 Å². The molecule has 1 aliphatic rings. The van der Waals surface area contributed by atoms with Crippen LogP contribution in [0.3, 0.4) is 0 Å². The van der Waals surface area contributed by atoms with Gasteiger partial charge in [0.05, 0.1) is 22.5 Å². The number of hydrogen-bond acceptors (Lipinski definition) is 4. The van der Waals surface area contributed by atoms with Crippen LogP contribution < -0.4 is 10.5 Å². The largest absolute Gasteiger partial charge is 0.492 e. The molecule has 0 spiro atoms. The molecule has 0 radical (unpaired) electrons. The van der Waals surface area contributed by atoms with Crippen molar-refractivity contribution in [2.75, 3.05) is 13.2 Å². The molecule has 2 aromatic rings. The maximum Gasteiger partial charge on any atom is 0.258 e. The number of nitrogens with zero attached hydrogens (tertiary/aromatic N) is 1. The Bertz CT molecular complexity index is 805. The van der Waals surface area contributed by atoms with Crippen molar-refractivity contribution in [2.24, 2.45) is 5.73 Å². The van der Waals surface area contributed by atoms with Gasteiger partial charge in [-0.05, 0) is 50.1 Å². The summed E-state index contributed by atoms with van der Waals surface area (Å²) in [7, 11) is 0. The van der Waals surface area contributed by atoms with E-state index in [2.05, 4.69) is 0 Å². The van der Waals surface area contributed by atoms with E-state index < -0.39 is 5.91 Å². The van der Waals surface area contributed by atoms with E-state index in [0.29, 0.717) is 34.4 Å².